The molecule has 29 heavy (non-hydrogen) atoms. The first-order chi connectivity index (χ1) is 13.9. The minimum Gasteiger partial charge on any atom is -0.465 e. The molecule has 9 heteroatoms. The van der Waals surface area contributed by atoms with Gasteiger partial charge in [0.2, 0.25) is 0 Å². The largest absolute Gasteiger partial charge is 0.465 e. The number of esters is 1. The second-order valence-corrected chi connectivity index (χ2v) is 5.64. The van der Waals surface area contributed by atoms with Crippen LogP contribution in [0, 0.1) is 27.8 Å². The molecule has 0 aliphatic carbocycles. The van der Waals surface area contributed by atoms with Crippen LogP contribution in [0.15, 0.2) is 42.5 Å². The van der Waals surface area contributed by atoms with Crippen LogP contribution in [0.25, 0.3) is 0 Å². The number of nitrogens with one attached hydrogen (secondary N) is 1. The van der Waals surface area contributed by atoms with Crippen LogP contribution in [-0.2, 0) is 16.1 Å². The number of halogens is 1. The molecule has 0 aromatic heterocycles. The summed E-state index contributed by atoms with van der Waals surface area (Å²) in [5.41, 5.74) is -0.500. The minimum absolute atomic E-state index is 0.125. The lowest BCUT2D eigenvalue weighted by atomic mass is 10.1. The van der Waals surface area contributed by atoms with Crippen molar-refractivity contribution in [3.05, 3.63) is 75.1 Å². The molecule has 8 nitrogen and oxygen atoms in total. The van der Waals surface area contributed by atoms with Gasteiger partial charge in [-0.05, 0) is 11.6 Å². The van der Waals surface area contributed by atoms with Gasteiger partial charge in [-0.3, -0.25) is 10.1 Å². The summed E-state index contributed by atoms with van der Waals surface area (Å²) in [6, 6.07) is 10.7. The van der Waals surface area contributed by atoms with E-state index in [1.54, 1.807) is 0 Å². The summed E-state index contributed by atoms with van der Waals surface area (Å²) < 4.78 is 23.5. The average molecular weight is 400 g/mol. The predicted molar refractivity (Wildman–Crippen MR) is 101 cm³/mol. The Morgan fingerprint density at radius 3 is 2.62 bits per heavy atom. The highest BCUT2D eigenvalue weighted by molar-refractivity contribution is 5.94. The Hall–Kier alpha value is -3.93. The van der Waals surface area contributed by atoms with Crippen molar-refractivity contribution in [1.82, 2.24) is 5.32 Å². The van der Waals surface area contributed by atoms with E-state index in [-0.39, 0.29) is 25.1 Å². The zero-order chi connectivity index (χ0) is 21.2. The first kappa shape index (κ1) is 21.4. The topological polar surface area (TPSA) is 108 Å². The van der Waals surface area contributed by atoms with Gasteiger partial charge >= 0.3 is 12.1 Å². The number of rotatable bonds is 6. The molecule has 2 rings (SSSR count). The van der Waals surface area contributed by atoms with E-state index in [9.17, 15) is 24.1 Å². The maximum atomic E-state index is 14.1. The number of nitro benzene ring substituents is 1. The van der Waals surface area contributed by atoms with Gasteiger partial charge in [0.1, 0.15) is 18.0 Å². The van der Waals surface area contributed by atoms with Gasteiger partial charge in [0.15, 0.2) is 0 Å². The Balaban J connectivity index is 1.91. The van der Waals surface area contributed by atoms with E-state index in [1.165, 1.54) is 0 Å². The molecule has 150 valence electrons. The zero-order valence-electron chi connectivity index (χ0n) is 15.4. The number of methoxy groups -OCH3 is 1. The van der Waals surface area contributed by atoms with Gasteiger partial charge in [-0.25, -0.2) is 14.0 Å². The molecule has 0 aliphatic rings. The standard InChI is InChI=1S/C20H17FN2O6/c1-28-19(24)16-12-17(21)15(11-18(16)23(26)27)9-5-6-10-22-20(25)29-13-14-7-3-2-4-8-14/h2-4,7-8,11-12H,6,10,13H2,1H3,(H,22,25). The van der Waals surface area contributed by atoms with Gasteiger partial charge in [-0.1, -0.05) is 42.2 Å². The van der Waals surface area contributed by atoms with Gasteiger partial charge < -0.3 is 14.8 Å². The van der Waals surface area contributed by atoms with Crippen molar-refractivity contribution in [2.75, 3.05) is 13.7 Å². The first-order valence-electron chi connectivity index (χ1n) is 8.42. The molecule has 0 saturated carbocycles. The molecule has 0 aliphatic heterocycles. The summed E-state index contributed by atoms with van der Waals surface area (Å²) in [6.45, 7) is 0.268. The average Bonchev–Trinajstić information content (AvgIpc) is 2.72. The SMILES string of the molecule is COC(=O)c1cc(F)c(C#CCCNC(=O)OCc2ccccc2)cc1[N+](=O)[O-]. The van der Waals surface area contributed by atoms with Crippen LogP contribution >= 0.6 is 0 Å². The minimum atomic E-state index is -1.02. The number of amides is 1. The normalized spacial score (nSPS) is 9.72. The number of benzene rings is 2. The molecule has 0 heterocycles. The van der Waals surface area contributed by atoms with Crippen molar-refractivity contribution < 1.29 is 28.4 Å². The third-order valence-electron chi connectivity index (χ3n) is 3.64. The van der Waals surface area contributed by atoms with Crippen molar-refractivity contribution in [1.29, 1.82) is 0 Å². The molecular weight excluding hydrogens is 383 g/mol. The van der Waals surface area contributed by atoms with Gasteiger partial charge in [0.05, 0.1) is 17.6 Å². The predicted octanol–water partition coefficient (Wildman–Crippen LogP) is 3.19. The second-order valence-electron chi connectivity index (χ2n) is 5.64. The van der Waals surface area contributed by atoms with E-state index >= 15 is 0 Å². The van der Waals surface area contributed by atoms with E-state index in [1.807, 2.05) is 30.3 Å². The fourth-order valence-corrected chi connectivity index (χ4v) is 2.24. The monoisotopic (exact) mass is 400 g/mol. The lowest BCUT2D eigenvalue weighted by molar-refractivity contribution is -0.385. The molecule has 0 radical (unpaired) electrons. The van der Waals surface area contributed by atoms with E-state index in [0.29, 0.717) is 6.07 Å². The Labute approximate surface area is 165 Å². The number of nitro groups is 1. The number of nitrogens with zero attached hydrogens (tertiary/aromatic N) is 1. The molecule has 0 spiro atoms. The van der Waals surface area contributed by atoms with E-state index in [0.717, 1.165) is 18.7 Å². The maximum Gasteiger partial charge on any atom is 0.407 e. The number of alkyl carbamates (subject to hydrolysis) is 1. The fraction of sp³-hybridized carbons (Fsp3) is 0.200. The van der Waals surface area contributed by atoms with E-state index in [4.69, 9.17) is 4.74 Å². The first-order valence-corrected chi connectivity index (χ1v) is 8.42. The summed E-state index contributed by atoms with van der Waals surface area (Å²) in [6.07, 6.45) is -0.466. The van der Waals surface area contributed by atoms with E-state index < -0.39 is 34.1 Å². The number of ether oxygens (including phenoxy) is 2. The van der Waals surface area contributed by atoms with Crippen molar-refractivity contribution in [2.24, 2.45) is 0 Å². The fourth-order valence-electron chi connectivity index (χ4n) is 2.24. The van der Waals surface area contributed by atoms with Gasteiger partial charge in [-0.2, -0.15) is 0 Å². The lowest BCUT2D eigenvalue weighted by Crippen LogP contribution is -2.24. The molecule has 0 bridgehead atoms. The van der Waals surface area contributed by atoms with Crippen LogP contribution in [0.4, 0.5) is 14.9 Å². The molecule has 2 aromatic carbocycles. The van der Waals surface area contributed by atoms with Crippen LogP contribution in [-0.4, -0.2) is 30.6 Å². The molecule has 0 unspecified atom stereocenters. The second kappa shape index (κ2) is 10.4. The lowest BCUT2D eigenvalue weighted by Gasteiger charge is -2.05. The molecular formula is C20H17FN2O6. The number of hydrogen-bond donors (Lipinski definition) is 1. The molecule has 0 fully saturated rings. The summed E-state index contributed by atoms with van der Waals surface area (Å²) in [5, 5.41) is 13.6. The Kier molecular flexibility index (Phi) is 7.68. The Bertz CT molecular complexity index is 966. The third kappa shape index (κ3) is 6.32. The number of carbonyl (C=O) groups is 2. The van der Waals surface area contributed by atoms with Gasteiger partial charge in [0.25, 0.3) is 5.69 Å². The smallest absolute Gasteiger partial charge is 0.407 e. The van der Waals surface area contributed by atoms with Crippen molar-refractivity contribution in [3.8, 4) is 11.8 Å². The molecule has 1 N–H and O–H groups in total. The Morgan fingerprint density at radius 1 is 1.24 bits per heavy atom. The van der Waals surface area contributed by atoms with Gasteiger partial charge in [-0.15, -0.1) is 0 Å². The van der Waals surface area contributed by atoms with E-state index in [2.05, 4.69) is 21.9 Å². The summed E-state index contributed by atoms with van der Waals surface area (Å²) in [4.78, 5) is 33.4. The zero-order valence-corrected chi connectivity index (χ0v) is 15.4. The third-order valence-corrected chi connectivity index (χ3v) is 3.64. The maximum absolute atomic E-state index is 14.1. The van der Waals surface area contributed by atoms with Crippen molar-refractivity contribution in [3.63, 3.8) is 0 Å². The summed E-state index contributed by atoms with van der Waals surface area (Å²) >= 11 is 0. The summed E-state index contributed by atoms with van der Waals surface area (Å²) in [5.74, 6) is 3.14. The van der Waals surface area contributed by atoms with Crippen molar-refractivity contribution in [2.45, 2.75) is 13.0 Å². The highest BCUT2D eigenvalue weighted by atomic mass is 19.1. The molecule has 0 saturated heterocycles. The highest BCUT2D eigenvalue weighted by Gasteiger charge is 2.23. The molecule has 1 amide bonds. The summed E-state index contributed by atoms with van der Waals surface area (Å²) in [7, 11) is 1.04. The molecule has 2 aromatic rings. The number of hydrogen-bond acceptors (Lipinski definition) is 6. The van der Waals surface area contributed by atoms with Crippen LogP contribution in [0.1, 0.15) is 27.9 Å². The van der Waals surface area contributed by atoms with Crippen LogP contribution in [0.3, 0.4) is 0 Å². The highest BCUT2D eigenvalue weighted by Crippen LogP contribution is 2.23. The van der Waals surface area contributed by atoms with Gasteiger partial charge in [0, 0.05) is 19.0 Å². The quantitative estimate of drug-likeness (QED) is 0.262. The molecule has 0 atom stereocenters. The van der Waals surface area contributed by atoms with Crippen LogP contribution < -0.4 is 5.32 Å². The van der Waals surface area contributed by atoms with Crippen LogP contribution in [0.5, 0.6) is 0 Å². The number of carbonyl (C=O) groups excluding carboxylic acids is 2. The van der Waals surface area contributed by atoms with Crippen molar-refractivity contribution >= 4 is 17.7 Å². The Morgan fingerprint density at radius 2 is 1.97 bits per heavy atom. The van der Waals surface area contributed by atoms with Crippen LogP contribution in [0.2, 0.25) is 0 Å².